The van der Waals surface area contributed by atoms with Crippen LogP contribution in [0.3, 0.4) is 0 Å². The Bertz CT molecular complexity index is 1390. The van der Waals surface area contributed by atoms with Crippen LogP contribution in [-0.2, 0) is 24.3 Å². The van der Waals surface area contributed by atoms with E-state index in [1.54, 1.807) is 48.5 Å². The Balaban J connectivity index is 1.82. The summed E-state index contributed by atoms with van der Waals surface area (Å²) in [5.41, 5.74) is -2.64. The monoisotopic (exact) mass is 529 g/mol. The first-order valence-electron chi connectivity index (χ1n) is 11.4. The van der Waals surface area contributed by atoms with Gasteiger partial charge in [-0.15, -0.1) is 0 Å². The Morgan fingerprint density at radius 2 is 1.29 bits per heavy atom. The number of nitrogens with zero attached hydrogens (tertiary/aromatic N) is 1. The van der Waals surface area contributed by atoms with Gasteiger partial charge in [-0.1, -0.05) is 54.6 Å². The minimum Gasteiger partial charge on any atom is -0.322 e. The van der Waals surface area contributed by atoms with Gasteiger partial charge in [0.15, 0.2) is 0 Å². The van der Waals surface area contributed by atoms with Gasteiger partial charge in [-0.05, 0) is 53.6 Å². The molecule has 0 aliphatic carbocycles. The molecule has 10 heteroatoms. The molecule has 196 valence electrons. The second kappa shape index (κ2) is 10.6. The van der Waals surface area contributed by atoms with Crippen molar-refractivity contribution in [1.82, 2.24) is 10.3 Å². The number of amides is 2. The van der Waals surface area contributed by atoms with Gasteiger partial charge in [-0.3, -0.25) is 4.98 Å². The maximum absolute atomic E-state index is 13.7. The van der Waals surface area contributed by atoms with Crippen LogP contribution in [0.5, 0.6) is 0 Å². The van der Waals surface area contributed by atoms with Gasteiger partial charge in [-0.25, -0.2) is 4.79 Å². The van der Waals surface area contributed by atoms with Crippen molar-refractivity contribution in [3.8, 4) is 0 Å². The van der Waals surface area contributed by atoms with Crippen molar-refractivity contribution in [1.29, 1.82) is 0 Å². The molecular formula is C28H21F6N3O. The molecule has 1 unspecified atom stereocenters. The minimum atomic E-state index is -4.65. The van der Waals surface area contributed by atoms with E-state index in [2.05, 4.69) is 15.6 Å². The molecule has 0 bridgehead atoms. The summed E-state index contributed by atoms with van der Waals surface area (Å²) >= 11 is 0. The molecule has 0 radical (unpaired) electrons. The van der Waals surface area contributed by atoms with Crippen LogP contribution in [0.1, 0.15) is 27.9 Å². The van der Waals surface area contributed by atoms with Gasteiger partial charge in [0.1, 0.15) is 5.54 Å². The van der Waals surface area contributed by atoms with Crippen LogP contribution < -0.4 is 10.6 Å². The highest BCUT2D eigenvalue weighted by atomic mass is 19.4. The van der Waals surface area contributed by atoms with Crippen molar-refractivity contribution in [3.05, 3.63) is 131 Å². The van der Waals surface area contributed by atoms with E-state index < -0.39 is 35.0 Å². The summed E-state index contributed by atoms with van der Waals surface area (Å²) in [4.78, 5) is 17.6. The number of alkyl halides is 6. The summed E-state index contributed by atoms with van der Waals surface area (Å²) in [7, 11) is 0. The quantitative estimate of drug-likeness (QED) is 0.255. The topological polar surface area (TPSA) is 54.0 Å². The molecule has 1 heterocycles. The maximum Gasteiger partial charge on any atom is 0.416 e. The molecule has 1 aromatic heterocycles. The van der Waals surface area contributed by atoms with E-state index in [9.17, 15) is 31.1 Å². The number of aromatic nitrogens is 1. The number of carbonyl (C=O) groups excluding carboxylic acids is 1. The van der Waals surface area contributed by atoms with E-state index in [-0.39, 0.29) is 23.4 Å². The first-order chi connectivity index (χ1) is 18.0. The molecule has 4 aromatic rings. The summed E-state index contributed by atoms with van der Waals surface area (Å²) in [5, 5.41) is 5.12. The molecule has 38 heavy (non-hydrogen) atoms. The molecular weight excluding hydrogens is 508 g/mol. The average molecular weight is 529 g/mol. The summed E-state index contributed by atoms with van der Waals surface area (Å²) in [6.45, 7) is 0. The Morgan fingerprint density at radius 1 is 0.684 bits per heavy atom. The van der Waals surface area contributed by atoms with Crippen LogP contribution in [0.15, 0.2) is 103 Å². The van der Waals surface area contributed by atoms with Crippen molar-refractivity contribution in [2.24, 2.45) is 0 Å². The summed E-state index contributed by atoms with van der Waals surface area (Å²) < 4.78 is 80.5. The van der Waals surface area contributed by atoms with Gasteiger partial charge >= 0.3 is 18.4 Å². The Kier molecular flexibility index (Phi) is 7.43. The van der Waals surface area contributed by atoms with Crippen LogP contribution in [0.4, 0.5) is 36.8 Å². The van der Waals surface area contributed by atoms with Gasteiger partial charge in [0, 0.05) is 18.3 Å². The summed E-state index contributed by atoms with van der Waals surface area (Å²) in [6.07, 6.45) is -7.84. The highest BCUT2D eigenvalue weighted by molar-refractivity contribution is 5.90. The fraction of sp³-hybridized carbons (Fsp3) is 0.143. The first-order valence-corrected chi connectivity index (χ1v) is 11.4. The van der Waals surface area contributed by atoms with E-state index >= 15 is 0 Å². The Morgan fingerprint density at radius 3 is 1.92 bits per heavy atom. The van der Waals surface area contributed by atoms with Gasteiger partial charge in [-0.2, -0.15) is 26.3 Å². The maximum atomic E-state index is 13.7. The number of halogens is 6. The van der Waals surface area contributed by atoms with E-state index in [0.29, 0.717) is 5.56 Å². The van der Waals surface area contributed by atoms with Crippen molar-refractivity contribution in [2.75, 3.05) is 5.32 Å². The predicted molar refractivity (Wildman–Crippen MR) is 130 cm³/mol. The van der Waals surface area contributed by atoms with Crippen molar-refractivity contribution in [3.63, 3.8) is 0 Å². The van der Waals surface area contributed by atoms with Gasteiger partial charge < -0.3 is 10.6 Å². The molecule has 2 N–H and O–H groups in total. The first kappa shape index (κ1) is 26.7. The SMILES string of the molecule is O=C(Nc1cccc(C(F)(F)F)c1)NC(Cc1ccccc1)(c1cccc(C(F)(F)F)c1)c1ccccn1. The zero-order chi connectivity index (χ0) is 27.4. The Hall–Kier alpha value is -4.34. The number of carbonyl (C=O) groups is 1. The molecule has 0 spiro atoms. The van der Waals surface area contributed by atoms with Crippen molar-refractivity contribution < 1.29 is 31.1 Å². The van der Waals surface area contributed by atoms with Crippen LogP contribution in [0.2, 0.25) is 0 Å². The smallest absolute Gasteiger partial charge is 0.322 e. The summed E-state index contributed by atoms with van der Waals surface area (Å²) in [5.74, 6) is 0. The fourth-order valence-corrected chi connectivity index (χ4v) is 4.13. The molecule has 0 aliphatic heterocycles. The van der Waals surface area contributed by atoms with Gasteiger partial charge in [0.05, 0.1) is 16.8 Å². The standard InChI is InChI=1S/C28H21F6N3O/c29-27(30,31)21-11-6-10-20(16-21)26(24-14-4-5-15-35-24,18-19-8-2-1-3-9-19)37-25(38)36-23-13-7-12-22(17-23)28(32,33)34/h1-17H,18H2,(H2,36,37,38). The molecule has 3 aromatic carbocycles. The second-order valence-corrected chi connectivity index (χ2v) is 8.52. The number of hydrogen-bond donors (Lipinski definition) is 2. The third-order valence-corrected chi connectivity index (χ3v) is 5.87. The van der Waals surface area contributed by atoms with Crippen LogP contribution in [0, 0.1) is 0 Å². The number of hydrogen-bond acceptors (Lipinski definition) is 2. The zero-order valence-electron chi connectivity index (χ0n) is 19.6. The van der Waals surface area contributed by atoms with Crippen LogP contribution >= 0.6 is 0 Å². The number of nitrogens with one attached hydrogen (secondary N) is 2. The lowest BCUT2D eigenvalue weighted by Crippen LogP contribution is -2.50. The fourth-order valence-electron chi connectivity index (χ4n) is 4.13. The van der Waals surface area contributed by atoms with Gasteiger partial charge in [0.2, 0.25) is 0 Å². The third-order valence-electron chi connectivity index (χ3n) is 5.87. The van der Waals surface area contributed by atoms with Gasteiger partial charge in [0.25, 0.3) is 0 Å². The molecule has 0 saturated carbocycles. The van der Waals surface area contributed by atoms with Crippen LogP contribution in [0.25, 0.3) is 0 Å². The highest BCUT2D eigenvalue weighted by Gasteiger charge is 2.40. The molecule has 0 saturated heterocycles. The average Bonchev–Trinajstić information content (AvgIpc) is 2.88. The number of urea groups is 1. The lowest BCUT2D eigenvalue weighted by molar-refractivity contribution is -0.138. The molecule has 0 aliphatic rings. The largest absolute Gasteiger partial charge is 0.416 e. The molecule has 4 rings (SSSR count). The molecule has 4 nitrogen and oxygen atoms in total. The molecule has 0 fully saturated rings. The van der Waals surface area contributed by atoms with Crippen molar-refractivity contribution >= 4 is 11.7 Å². The summed E-state index contributed by atoms with van der Waals surface area (Å²) in [6, 6.07) is 21.2. The normalized spacial score (nSPS) is 13.4. The minimum absolute atomic E-state index is 0.00216. The van der Waals surface area contributed by atoms with Crippen LogP contribution in [-0.4, -0.2) is 11.0 Å². The van der Waals surface area contributed by atoms with Crippen molar-refractivity contribution in [2.45, 2.75) is 24.3 Å². The second-order valence-electron chi connectivity index (χ2n) is 8.52. The third kappa shape index (κ3) is 6.13. The van der Waals surface area contributed by atoms with E-state index in [0.717, 1.165) is 30.3 Å². The molecule has 1 atom stereocenters. The van der Waals surface area contributed by atoms with E-state index in [4.69, 9.17) is 0 Å². The number of benzene rings is 3. The highest BCUT2D eigenvalue weighted by Crippen LogP contribution is 2.37. The number of anilines is 1. The zero-order valence-corrected chi connectivity index (χ0v) is 19.6. The van der Waals surface area contributed by atoms with E-state index in [1.165, 1.54) is 24.4 Å². The number of pyridine rings is 1. The Labute approximate surface area is 214 Å². The molecule has 2 amide bonds. The lowest BCUT2D eigenvalue weighted by atomic mass is 9.80. The lowest BCUT2D eigenvalue weighted by Gasteiger charge is -2.35. The number of rotatable bonds is 6. The predicted octanol–water partition coefficient (Wildman–Crippen LogP) is 7.43. The van der Waals surface area contributed by atoms with E-state index in [1.807, 2.05) is 0 Å².